The van der Waals surface area contributed by atoms with Gasteiger partial charge in [-0.15, -0.1) is 0 Å². The maximum atomic E-state index is 12.4. The monoisotopic (exact) mass is 457 g/mol. The lowest BCUT2D eigenvalue weighted by Crippen LogP contribution is -2.27. The molecule has 0 unspecified atom stereocenters. The van der Waals surface area contributed by atoms with Gasteiger partial charge in [-0.2, -0.15) is 0 Å². The summed E-state index contributed by atoms with van der Waals surface area (Å²) in [6.07, 6.45) is 3.33. The number of nitrogens with two attached hydrogens (primary N) is 1. The van der Waals surface area contributed by atoms with E-state index in [0.717, 1.165) is 28.0 Å². The van der Waals surface area contributed by atoms with Crippen LogP contribution in [-0.2, 0) is 6.54 Å². The van der Waals surface area contributed by atoms with Crippen molar-refractivity contribution in [3.63, 3.8) is 0 Å². The zero-order chi connectivity index (χ0) is 24.7. The number of rotatable bonds is 10. The van der Waals surface area contributed by atoms with E-state index in [4.69, 9.17) is 15.9 Å². The number of nitrogens with zero attached hydrogens (tertiary/aromatic N) is 1. The largest absolute Gasteiger partial charge is 0.496 e. The molecule has 176 valence electrons. The fourth-order valence-corrected chi connectivity index (χ4v) is 3.44. The second kappa shape index (κ2) is 11.1. The predicted octanol–water partition coefficient (Wildman–Crippen LogP) is 4.68. The zero-order valence-electron chi connectivity index (χ0n) is 19.8. The van der Waals surface area contributed by atoms with Crippen LogP contribution in [0.4, 0.5) is 5.82 Å². The predicted molar refractivity (Wildman–Crippen MR) is 138 cm³/mol. The molecule has 7 nitrogen and oxygen atoms in total. The minimum Gasteiger partial charge on any atom is -0.496 e. The number of anilines is 1. The van der Waals surface area contributed by atoms with Crippen molar-refractivity contribution < 1.29 is 9.53 Å². The van der Waals surface area contributed by atoms with E-state index in [-0.39, 0.29) is 11.7 Å². The molecule has 0 aliphatic carbocycles. The third-order valence-corrected chi connectivity index (χ3v) is 5.34. The Labute approximate surface area is 200 Å². The van der Waals surface area contributed by atoms with Crippen molar-refractivity contribution in [1.82, 2.24) is 10.3 Å². The van der Waals surface area contributed by atoms with E-state index in [2.05, 4.69) is 36.0 Å². The van der Waals surface area contributed by atoms with Gasteiger partial charge in [-0.25, -0.2) is 4.98 Å². The average molecular weight is 458 g/mol. The molecule has 1 aromatic heterocycles. The molecule has 7 heteroatoms. The van der Waals surface area contributed by atoms with E-state index in [9.17, 15) is 4.79 Å². The van der Waals surface area contributed by atoms with Crippen LogP contribution in [-0.4, -0.2) is 30.4 Å². The van der Waals surface area contributed by atoms with Crippen LogP contribution in [0, 0.1) is 11.3 Å². The number of benzene rings is 2. The summed E-state index contributed by atoms with van der Waals surface area (Å²) in [5.74, 6) is 1.68. The van der Waals surface area contributed by atoms with Crippen molar-refractivity contribution in [2.45, 2.75) is 20.4 Å². The van der Waals surface area contributed by atoms with E-state index >= 15 is 0 Å². The smallest absolute Gasteiger partial charge is 0.251 e. The molecule has 0 aliphatic rings. The lowest BCUT2D eigenvalue weighted by Gasteiger charge is -2.16. The van der Waals surface area contributed by atoms with E-state index in [1.807, 2.05) is 36.4 Å². The van der Waals surface area contributed by atoms with Crippen LogP contribution in [0.15, 0.2) is 61.3 Å². The van der Waals surface area contributed by atoms with Crippen molar-refractivity contribution in [2.75, 3.05) is 19.0 Å². The fraction of sp³-hybridized carbons (Fsp3) is 0.222. The molecule has 0 spiro atoms. The van der Waals surface area contributed by atoms with Crippen molar-refractivity contribution in [3.8, 4) is 16.9 Å². The van der Waals surface area contributed by atoms with Gasteiger partial charge in [0.2, 0.25) is 0 Å². The van der Waals surface area contributed by atoms with Gasteiger partial charge < -0.3 is 21.1 Å². The molecule has 0 saturated carbocycles. The molecule has 5 N–H and O–H groups in total. The maximum absolute atomic E-state index is 12.4. The Hall–Kier alpha value is -4.13. The third kappa shape index (κ3) is 6.01. The Morgan fingerprint density at radius 1 is 1.18 bits per heavy atom. The number of aromatic nitrogens is 1. The van der Waals surface area contributed by atoms with E-state index < -0.39 is 0 Å². The van der Waals surface area contributed by atoms with Crippen molar-refractivity contribution >= 4 is 23.6 Å². The molecule has 2 aromatic carbocycles. The average Bonchev–Trinajstić information content (AvgIpc) is 2.85. The van der Waals surface area contributed by atoms with Crippen LogP contribution in [0.1, 0.15) is 40.9 Å². The molecule has 0 saturated heterocycles. The Morgan fingerprint density at radius 2 is 1.88 bits per heavy atom. The quantitative estimate of drug-likeness (QED) is 0.261. The van der Waals surface area contributed by atoms with Gasteiger partial charge in [-0.05, 0) is 59.0 Å². The Bertz CT molecular complexity index is 1170. The molecular formula is C27H31N5O2. The number of carbonyl (C=O) groups is 1. The van der Waals surface area contributed by atoms with Gasteiger partial charge >= 0.3 is 0 Å². The molecule has 3 aromatic rings. The van der Waals surface area contributed by atoms with E-state index in [1.165, 1.54) is 0 Å². The molecule has 0 bridgehead atoms. The number of nitrogen functional groups attached to an aromatic ring is 1. The highest BCUT2D eigenvalue weighted by molar-refractivity contribution is 5.95. The molecule has 0 fully saturated rings. The van der Waals surface area contributed by atoms with Gasteiger partial charge in [-0.3, -0.25) is 10.2 Å². The first kappa shape index (κ1) is 24.5. The molecule has 1 heterocycles. The van der Waals surface area contributed by atoms with Crippen molar-refractivity contribution in [3.05, 3.63) is 83.6 Å². The van der Waals surface area contributed by atoms with Crippen LogP contribution >= 0.6 is 0 Å². The first-order valence-electron chi connectivity index (χ1n) is 11.1. The summed E-state index contributed by atoms with van der Waals surface area (Å²) in [5, 5.41) is 13.8. The number of hydrogen-bond donors (Lipinski definition) is 4. The summed E-state index contributed by atoms with van der Waals surface area (Å²) in [7, 11) is 1.63. The summed E-state index contributed by atoms with van der Waals surface area (Å²) >= 11 is 0. The Balaban J connectivity index is 1.89. The van der Waals surface area contributed by atoms with Gasteiger partial charge in [0.1, 0.15) is 17.4 Å². The molecular weight excluding hydrogens is 426 g/mol. The topological polar surface area (TPSA) is 113 Å². The summed E-state index contributed by atoms with van der Waals surface area (Å²) in [5.41, 5.74) is 10.5. The van der Waals surface area contributed by atoms with Crippen LogP contribution in [0.3, 0.4) is 0 Å². The standard InChI is InChI=1S/C27H31N5O2/c1-5-18-12-22(16-31-25-11-10-21(15-30-25)26(28)29)23(13-24(18)34-4)19-6-8-20(9-7-19)27(33)32-14-17(2)3/h5-13,15,17H,1,14,16H2,2-4H3,(H3,28,29)(H,30,31)(H,32,33). The SMILES string of the molecule is C=Cc1cc(CNc2ccc(C(=N)N)cn2)c(-c2ccc(C(=O)NCC(C)C)cc2)cc1OC. The Kier molecular flexibility index (Phi) is 8.03. The number of ether oxygens (including phenoxy) is 1. The van der Waals surface area contributed by atoms with Gasteiger partial charge in [0.15, 0.2) is 0 Å². The number of methoxy groups -OCH3 is 1. The second-order valence-corrected chi connectivity index (χ2v) is 8.34. The molecule has 0 aliphatic heterocycles. The minimum atomic E-state index is -0.0817. The molecule has 34 heavy (non-hydrogen) atoms. The molecule has 1 amide bonds. The maximum Gasteiger partial charge on any atom is 0.251 e. The zero-order valence-corrected chi connectivity index (χ0v) is 19.8. The number of carbonyl (C=O) groups excluding carboxylic acids is 1. The summed E-state index contributed by atoms with van der Waals surface area (Å²) < 4.78 is 5.57. The first-order chi connectivity index (χ1) is 16.3. The first-order valence-corrected chi connectivity index (χ1v) is 11.1. The molecule has 0 radical (unpaired) electrons. The third-order valence-electron chi connectivity index (χ3n) is 5.34. The normalized spacial score (nSPS) is 10.6. The van der Waals surface area contributed by atoms with Crippen molar-refractivity contribution in [1.29, 1.82) is 5.41 Å². The number of amidine groups is 1. The van der Waals surface area contributed by atoms with Gasteiger partial charge in [0, 0.05) is 36.0 Å². The van der Waals surface area contributed by atoms with Gasteiger partial charge in [-0.1, -0.05) is 38.6 Å². The number of hydrogen-bond acceptors (Lipinski definition) is 5. The van der Waals surface area contributed by atoms with Crippen LogP contribution in [0.25, 0.3) is 17.2 Å². The Morgan fingerprint density at radius 3 is 2.44 bits per heavy atom. The summed E-state index contributed by atoms with van der Waals surface area (Å²) in [6.45, 7) is 9.16. The summed E-state index contributed by atoms with van der Waals surface area (Å²) in [6, 6.07) is 15.1. The highest BCUT2D eigenvalue weighted by atomic mass is 16.5. The highest BCUT2D eigenvalue weighted by Gasteiger charge is 2.13. The number of nitrogens with one attached hydrogen (secondary N) is 3. The van der Waals surface area contributed by atoms with E-state index in [1.54, 1.807) is 31.5 Å². The van der Waals surface area contributed by atoms with Crippen LogP contribution in [0.5, 0.6) is 5.75 Å². The fourth-order valence-electron chi connectivity index (χ4n) is 3.44. The van der Waals surface area contributed by atoms with Crippen LogP contribution in [0.2, 0.25) is 0 Å². The molecule has 3 rings (SSSR count). The second-order valence-electron chi connectivity index (χ2n) is 8.34. The highest BCUT2D eigenvalue weighted by Crippen LogP contribution is 2.32. The van der Waals surface area contributed by atoms with Gasteiger partial charge in [0.25, 0.3) is 5.91 Å². The lowest BCUT2D eigenvalue weighted by molar-refractivity contribution is 0.0949. The molecule has 0 atom stereocenters. The van der Waals surface area contributed by atoms with Gasteiger partial charge in [0.05, 0.1) is 7.11 Å². The van der Waals surface area contributed by atoms with Crippen molar-refractivity contribution in [2.24, 2.45) is 11.7 Å². The van der Waals surface area contributed by atoms with Crippen LogP contribution < -0.4 is 21.1 Å². The minimum absolute atomic E-state index is 0.0200. The summed E-state index contributed by atoms with van der Waals surface area (Å²) in [4.78, 5) is 16.7. The number of amides is 1. The number of pyridine rings is 1. The lowest BCUT2D eigenvalue weighted by atomic mass is 9.95. The van der Waals surface area contributed by atoms with E-state index in [0.29, 0.717) is 36.0 Å².